The predicted molar refractivity (Wildman–Crippen MR) is 63.2 cm³/mol. The molecule has 84 valence electrons. The highest BCUT2D eigenvalue weighted by molar-refractivity contribution is 5.69. The summed E-state index contributed by atoms with van der Waals surface area (Å²) in [6, 6.07) is 7.82. The minimum Gasteiger partial charge on any atom is -0.496 e. The summed E-state index contributed by atoms with van der Waals surface area (Å²) < 4.78 is 5.31. The molecule has 0 saturated carbocycles. The minimum atomic E-state index is 0.413. The summed E-state index contributed by atoms with van der Waals surface area (Å²) >= 11 is 0. The first-order valence-electron chi connectivity index (χ1n) is 5.15. The van der Waals surface area contributed by atoms with E-state index in [1.165, 1.54) is 0 Å². The van der Waals surface area contributed by atoms with Crippen LogP contribution in [0.15, 0.2) is 24.3 Å². The number of ether oxygens (including phenoxy) is 1. The van der Waals surface area contributed by atoms with Crippen molar-refractivity contribution in [2.24, 2.45) is 5.73 Å². The molecule has 0 unspecified atom stereocenters. The smallest absolute Gasteiger partial charge is 0.128 e. The third-order valence-corrected chi connectivity index (χ3v) is 2.49. The maximum absolute atomic E-state index is 5.56. The van der Waals surface area contributed by atoms with Crippen LogP contribution < -0.4 is 10.5 Å². The molecule has 0 atom stereocenters. The Bertz CT molecular complexity index is 491. The van der Waals surface area contributed by atoms with Crippen LogP contribution in [0.2, 0.25) is 0 Å². The molecule has 2 aromatic rings. The molecular weight excluding hydrogens is 202 g/mol. The van der Waals surface area contributed by atoms with Gasteiger partial charge in [-0.3, -0.25) is 0 Å². The molecule has 4 heteroatoms. The molecule has 0 radical (unpaired) electrons. The number of aryl methyl sites for hydroxylation is 1. The summed E-state index contributed by atoms with van der Waals surface area (Å²) in [6.07, 6.45) is 0. The zero-order valence-corrected chi connectivity index (χ0v) is 9.45. The molecule has 2 rings (SSSR count). The Morgan fingerprint density at radius 1 is 1.38 bits per heavy atom. The number of para-hydroxylation sites is 1. The number of benzene rings is 1. The van der Waals surface area contributed by atoms with E-state index < -0.39 is 0 Å². The Kier molecular flexibility index (Phi) is 2.92. The summed E-state index contributed by atoms with van der Waals surface area (Å²) in [7, 11) is 1.66. The van der Waals surface area contributed by atoms with Crippen molar-refractivity contribution in [3.8, 4) is 17.0 Å². The van der Waals surface area contributed by atoms with Gasteiger partial charge in [0, 0.05) is 11.3 Å². The molecule has 0 amide bonds. The van der Waals surface area contributed by atoms with Gasteiger partial charge in [-0.2, -0.15) is 0 Å². The Labute approximate surface area is 94.5 Å². The van der Waals surface area contributed by atoms with Gasteiger partial charge in [0.1, 0.15) is 11.6 Å². The summed E-state index contributed by atoms with van der Waals surface area (Å²) in [5.41, 5.74) is 8.45. The van der Waals surface area contributed by atoms with Crippen LogP contribution in [0.5, 0.6) is 5.75 Å². The SMILES string of the molecule is COc1ccccc1-c1nc(CN)[nH]c1C. The second-order valence-electron chi connectivity index (χ2n) is 3.56. The molecule has 0 aliphatic carbocycles. The number of rotatable bonds is 3. The van der Waals surface area contributed by atoms with E-state index in [4.69, 9.17) is 10.5 Å². The molecule has 4 nitrogen and oxygen atoms in total. The normalized spacial score (nSPS) is 10.4. The lowest BCUT2D eigenvalue weighted by Gasteiger charge is -2.05. The van der Waals surface area contributed by atoms with Crippen LogP contribution >= 0.6 is 0 Å². The third kappa shape index (κ3) is 1.79. The van der Waals surface area contributed by atoms with E-state index in [0.29, 0.717) is 6.54 Å². The Balaban J connectivity index is 2.53. The van der Waals surface area contributed by atoms with E-state index in [2.05, 4.69) is 9.97 Å². The van der Waals surface area contributed by atoms with E-state index in [1.807, 2.05) is 31.2 Å². The average Bonchev–Trinajstić information content (AvgIpc) is 2.70. The highest BCUT2D eigenvalue weighted by atomic mass is 16.5. The summed E-state index contributed by atoms with van der Waals surface area (Å²) in [5, 5.41) is 0. The van der Waals surface area contributed by atoms with E-state index in [-0.39, 0.29) is 0 Å². The van der Waals surface area contributed by atoms with Gasteiger partial charge < -0.3 is 15.5 Å². The van der Waals surface area contributed by atoms with Gasteiger partial charge >= 0.3 is 0 Å². The van der Waals surface area contributed by atoms with Gasteiger partial charge in [0.2, 0.25) is 0 Å². The van der Waals surface area contributed by atoms with Crippen LogP contribution in [0, 0.1) is 6.92 Å². The number of H-pyrrole nitrogens is 1. The lowest BCUT2D eigenvalue weighted by molar-refractivity contribution is 0.416. The lowest BCUT2D eigenvalue weighted by Crippen LogP contribution is -1.98. The second kappa shape index (κ2) is 4.37. The molecular formula is C12H15N3O. The quantitative estimate of drug-likeness (QED) is 0.824. The van der Waals surface area contributed by atoms with Gasteiger partial charge in [0.25, 0.3) is 0 Å². The molecule has 0 fully saturated rings. The zero-order valence-electron chi connectivity index (χ0n) is 9.45. The van der Waals surface area contributed by atoms with Crippen molar-refractivity contribution >= 4 is 0 Å². The van der Waals surface area contributed by atoms with E-state index in [1.54, 1.807) is 7.11 Å². The molecule has 3 N–H and O–H groups in total. The van der Waals surface area contributed by atoms with Gasteiger partial charge in [-0.05, 0) is 19.1 Å². The van der Waals surface area contributed by atoms with Crippen LogP contribution in [0.25, 0.3) is 11.3 Å². The molecule has 0 saturated heterocycles. The van der Waals surface area contributed by atoms with Crippen molar-refractivity contribution in [3.05, 3.63) is 35.8 Å². The Morgan fingerprint density at radius 2 is 2.12 bits per heavy atom. The number of nitrogens with two attached hydrogens (primary N) is 1. The Morgan fingerprint density at radius 3 is 2.75 bits per heavy atom. The highest BCUT2D eigenvalue weighted by Gasteiger charge is 2.11. The van der Waals surface area contributed by atoms with Gasteiger partial charge in [-0.15, -0.1) is 0 Å². The number of aromatic amines is 1. The predicted octanol–water partition coefficient (Wildman–Crippen LogP) is 1.85. The number of methoxy groups -OCH3 is 1. The van der Waals surface area contributed by atoms with E-state index in [0.717, 1.165) is 28.5 Å². The van der Waals surface area contributed by atoms with Crippen LogP contribution in [-0.2, 0) is 6.54 Å². The van der Waals surface area contributed by atoms with Crippen molar-refractivity contribution in [2.45, 2.75) is 13.5 Å². The van der Waals surface area contributed by atoms with Gasteiger partial charge in [-0.1, -0.05) is 12.1 Å². The van der Waals surface area contributed by atoms with E-state index in [9.17, 15) is 0 Å². The largest absolute Gasteiger partial charge is 0.496 e. The number of imidazole rings is 1. The fraction of sp³-hybridized carbons (Fsp3) is 0.250. The standard InChI is InChI=1S/C12H15N3O/c1-8-12(15-11(7-13)14-8)9-5-3-4-6-10(9)16-2/h3-6H,7,13H2,1-2H3,(H,14,15). The van der Waals surface area contributed by atoms with Gasteiger partial charge in [0.05, 0.1) is 19.3 Å². The molecule has 0 bridgehead atoms. The number of aromatic nitrogens is 2. The van der Waals surface area contributed by atoms with Crippen LogP contribution in [0.3, 0.4) is 0 Å². The van der Waals surface area contributed by atoms with Crippen LogP contribution in [-0.4, -0.2) is 17.1 Å². The first-order valence-corrected chi connectivity index (χ1v) is 5.15. The highest BCUT2D eigenvalue weighted by Crippen LogP contribution is 2.30. The average molecular weight is 217 g/mol. The van der Waals surface area contributed by atoms with Crippen molar-refractivity contribution in [1.82, 2.24) is 9.97 Å². The van der Waals surface area contributed by atoms with Crippen LogP contribution in [0.4, 0.5) is 0 Å². The second-order valence-corrected chi connectivity index (χ2v) is 3.56. The summed E-state index contributed by atoms with van der Waals surface area (Å²) in [6.45, 7) is 2.39. The fourth-order valence-corrected chi connectivity index (χ4v) is 1.72. The number of nitrogens with one attached hydrogen (secondary N) is 1. The number of hydrogen-bond donors (Lipinski definition) is 2. The zero-order chi connectivity index (χ0) is 11.5. The maximum Gasteiger partial charge on any atom is 0.128 e. The molecule has 1 aromatic heterocycles. The molecule has 16 heavy (non-hydrogen) atoms. The van der Waals surface area contributed by atoms with Crippen LogP contribution in [0.1, 0.15) is 11.5 Å². The van der Waals surface area contributed by atoms with Crippen molar-refractivity contribution < 1.29 is 4.74 Å². The van der Waals surface area contributed by atoms with E-state index >= 15 is 0 Å². The molecule has 0 aliphatic rings. The van der Waals surface area contributed by atoms with Crippen molar-refractivity contribution in [2.75, 3.05) is 7.11 Å². The summed E-state index contributed by atoms with van der Waals surface area (Å²) in [5.74, 6) is 1.61. The first kappa shape index (κ1) is 10.7. The summed E-state index contributed by atoms with van der Waals surface area (Å²) in [4.78, 5) is 7.60. The molecule has 1 heterocycles. The van der Waals surface area contributed by atoms with Gasteiger partial charge in [0.15, 0.2) is 0 Å². The maximum atomic E-state index is 5.56. The number of hydrogen-bond acceptors (Lipinski definition) is 3. The third-order valence-electron chi connectivity index (χ3n) is 2.49. The fourth-order valence-electron chi connectivity index (χ4n) is 1.72. The van der Waals surface area contributed by atoms with Gasteiger partial charge in [-0.25, -0.2) is 4.98 Å². The monoisotopic (exact) mass is 217 g/mol. The first-order chi connectivity index (χ1) is 7.76. The number of nitrogens with zero attached hydrogens (tertiary/aromatic N) is 1. The lowest BCUT2D eigenvalue weighted by atomic mass is 10.1. The van der Waals surface area contributed by atoms with Crippen molar-refractivity contribution in [3.63, 3.8) is 0 Å². The molecule has 0 aliphatic heterocycles. The Hall–Kier alpha value is -1.81. The molecule has 1 aromatic carbocycles. The molecule has 0 spiro atoms. The van der Waals surface area contributed by atoms with Crippen molar-refractivity contribution in [1.29, 1.82) is 0 Å². The minimum absolute atomic E-state index is 0.413. The topological polar surface area (TPSA) is 63.9 Å².